The molecule has 1 aliphatic heterocycles. The Morgan fingerprint density at radius 2 is 1.46 bits per heavy atom. The first-order valence-corrected chi connectivity index (χ1v) is 15.4. The molecule has 1 fully saturated rings. The third kappa shape index (κ3) is 13.5. The molecule has 0 radical (unpaired) electrons. The maximum Gasteiger partial charge on any atom is 0.458 e. The lowest BCUT2D eigenvalue weighted by atomic mass is 9.75. The van der Waals surface area contributed by atoms with Crippen LogP contribution in [0.4, 0.5) is 32.2 Å². The molecular formula is C32H42F6N6O6. The van der Waals surface area contributed by atoms with Gasteiger partial charge in [0.25, 0.3) is 5.91 Å². The average molecular weight is 721 g/mol. The monoisotopic (exact) mass is 720 g/mol. The first-order chi connectivity index (χ1) is 22.9. The molecule has 278 valence electrons. The highest BCUT2D eigenvalue weighted by Crippen LogP contribution is 2.34. The van der Waals surface area contributed by atoms with Crippen LogP contribution in [0, 0.1) is 11.3 Å². The predicted molar refractivity (Wildman–Crippen MR) is 168 cm³/mol. The van der Waals surface area contributed by atoms with Crippen molar-refractivity contribution in [3.05, 3.63) is 48.4 Å². The first-order valence-electron chi connectivity index (χ1n) is 15.4. The molecular weight excluding hydrogens is 678 g/mol. The number of alkyl halides is 6. The van der Waals surface area contributed by atoms with Crippen molar-refractivity contribution in [3.8, 4) is 0 Å². The maximum atomic E-state index is 13.0. The highest BCUT2D eigenvalue weighted by atomic mass is 19.4. The van der Waals surface area contributed by atoms with Gasteiger partial charge in [0.05, 0.1) is 25.1 Å². The molecule has 2 aromatic rings. The van der Waals surface area contributed by atoms with Gasteiger partial charge in [0.1, 0.15) is 12.6 Å². The molecule has 0 aliphatic carbocycles. The molecule has 18 heteroatoms. The number of ether oxygens (including phenoxy) is 1. The minimum Gasteiger partial charge on any atom is -0.374 e. The van der Waals surface area contributed by atoms with E-state index >= 15 is 0 Å². The zero-order valence-corrected chi connectivity index (χ0v) is 28.3. The van der Waals surface area contributed by atoms with Crippen molar-refractivity contribution in [1.29, 1.82) is 0 Å². The number of amides is 3. The fourth-order valence-electron chi connectivity index (χ4n) is 4.63. The number of piperidine rings is 1. The summed E-state index contributed by atoms with van der Waals surface area (Å²) in [5.41, 5.74) is 5.93. The molecule has 0 bridgehead atoms. The number of nitrogens with zero attached hydrogens (tertiary/aromatic N) is 3. The van der Waals surface area contributed by atoms with E-state index in [1.807, 2.05) is 35.2 Å². The minimum absolute atomic E-state index is 0.0252. The molecule has 1 aromatic carbocycles. The molecule has 1 aromatic heterocycles. The number of carbonyl (C=O) groups excluding carboxylic acids is 5. The van der Waals surface area contributed by atoms with Crippen molar-refractivity contribution in [2.75, 3.05) is 25.0 Å². The van der Waals surface area contributed by atoms with Gasteiger partial charge >= 0.3 is 23.9 Å². The molecule has 0 spiro atoms. The summed E-state index contributed by atoms with van der Waals surface area (Å²) >= 11 is 0. The smallest absolute Gasteiger partial charge is 0.374 e. The summed E-state index contributed by atoms with van der Waals surface area (Å²) in [7, 11) is 0. The average Bonchev–Trinajstić information content (AvgIpc) is 3.45. The summed E-state index contributed by atoms with van der Waals surface area (Å²) in [6.45, 7) is 11.8. The lowest BCUT2D eigenvalue weighted by Gasteiger charge is -2.38. The lowest BCUT2D eigenvalue weighted by Crippen LogP contribution is -2.56. The number of aromatic nitrogens is 2. The van der Waals surface area contributed by atoms with E-state index in [0.717, 1.165) is 31.5 Å². The van der Waals surface area contributed by atoms with E-state index in [-0.39, 0.29) is 36.9 Å². The second kappa shape index (κ2) is 17.1. The number of rotatable bonds is 11. The number of likely N-dealkylation sites (tertiary alicyclic amines) is 1. The number of imidazole rings is 1. The van der Waals surface area contributed by atoms with E-state index in [0.29, 0.717) is 5.92 Å². The third-order valence-electron chi connectivity index (χ3n) is 7.60. The Hall–Kier alpha value is -4.32. The van der Waals surface area contributed by atoms with Crippen molar-refractivity contribution in [2.24, 2.45) is 17.1 Å². The van der Waals surface area contributed by atoms with Crippen LogP contribution in [0.5, 0.6) is 0 Å². The van der Waals surface area contributed by atoms with Gasteiger partial charge < -0.3 is 30.6 Å². The van der Waals surface area contributed by atoms with E-state index in [1.54, 1.807) is 24.6 Å². The highest BCUT2D eigenvalue weighted by Gasteiger charge is 2.54. The largest absolute Gasteiger partial charge is 0.458 e. The van der Waals surface area contributed by atoms with E-state index in [1.165, 1.54) is 6.33 Å². The molecule has 0 unspecified atom stereocenters. The van der Waals surface area contributed by atoms with Gasteiger partial charge in [-0.25, -0.2) is 4.98 Å². The Bertz CT molecular complexity index is 1450. The SMILES string of the molecule is CC(C)(N)C(=O)N[C@H](COCc1ccccc1)C(=O)Nc1cn(CC(=O)N2CCC(C(C)(C)C)CC2)cn1.O=C(C(=O)C(F)(F)F)C(F)(F)F. The van der Waals surface area contributed by atoms with Gasteiger partial charge in [-0.15, -0.1) is 0 Å². The lowest BCUT2D eigenvalue weighted by molar-refractivity contribution is -0.193. The van der Waals surface area contributed by atoms with E-state index in [2.05, 4.69) is 36.4 Å². The molecule has 1 atom stereocenters. The number of anilines is 1. The standard InChI is InChI=1S/C28H42N6O4.C4F6O2/c1-27(2,3)21-11-13-34(14-12-21)24(35)16-33-15-23(30-19-33)32-25(36)22(31-26(37)28(4,5)29)18-38-17-20-9-7-6-8-10-20;5-3(6,7)1(11)2(12)4(8,9)10/h6-10,15,19,21-22H,11-14,16-18,29H2,1-5H3,(H,31,37)(H,32,36);/t22-;/m1./s1. The van der Waals surface area contributed by atoms with Gasteiger partial charge in [0, 0.05) is 19.3 Å². The summed E-state index contributed by atoms with van der Waals surface area (Å²) in [5.74, 6) is -6.87. The number of carbonyl (C=O) groups is 5. The third-order valence-corrected chi connectivity index (χ3v) is 7.60. The number of nitrogens with one attached hydrogen (secondary N) is 2. The number of hydrogen-bond donors (Lipinski definition) is 3. The number of halogens is 6. The Labute approximate surface area is 285 Å². The predicted octanol–water partition coefficient (Wildman–Crippen LogP) is 3.79. The Morgan fingerprint density at radius 1 is 0.920 bits per heavy atom. The van der Waals surface area contributed by atoms with Crippen LogP contribution in [0.2, 0.25) is 0 Å². The van der Waals surface area contributed by atoms with Crippen molar-refractivity contribution in [1.82, 2.24) is 19.8 Å². The van der Waals surface area contributed by atoms with E-state index < -0.39 is 47.3 Å². The van der Waals surface area contributed by atoms with Crippen LogP contribution in [0.15, 0.2) is 42.9 Å². The van der Waals surface area contributed by atoms with Crippen LogP contribution in [0.3, 0.4) is 0 Å². The van der Waals surface area contributed by atoms with Gasteiger partial charge in [-0.1, -0.05) is 51.1 Å². The maximum absolute atomic E-state index is 13.0. The topological polar surface area (TPSA) is 166 Å². The molecule has 12 nitrogen and oxygen atoms in total. The van der Waals surface area contributed by atoms with Gasteiger partial charge in [0.2, 0.25) is 11.8 Å². The van der Waals surface area contributed by atoms with Crippen molar-refractivity contribution in [3.63, 3.8) is 0 Å². The van der Waals surface area contributed by atoms with Gasteiger partial charge in [0.15, 0.2) is 5.82 Å². The summed E-state index contributed by atoms with van der Waals surface area (Å²) in [6, 6.07) is 8.55. The van der Waals surface area contributed by atoms with Crippen LogP contribution < -0.4 is 16.4 Å². The molecule has 1 saturated heterocycles. The molecule has 3 amide bonds. The summed E-state index contributed by atoms with van der Waals surface area (Å²) in [4.78, 5) is 63.7. The fraction of sp³-hybridized carbons (Fsp3) is 0.562. The van der Waals surface area contributed by atoms with Gasteiger partial charge in [-0.2, -0.15) is 26.3 Å². The number of nitrogens with two attached hydrogens (primary N) is 1. The van der Waals surface area contributed by atoms with Crippen LogP contribution in [0.25, 0.3) is 0 Å². The van der Waals surface area contributed by atoms with Gasteiger partial charge in [-0.3, -0.25) is 24.0 Å². The van der Waals surface area contributed by atoms with E-state index in [9.17, 15) is 50.3 Å². The Balaban J connectivity index is 0.000000616. The molecule has 0 saturated carbocycles. The van der Waals surface area contributed by atoms with E-state index in [4.69, 9.17) is 10.5 Å². The number of ketones is 2. The van der Waals surface area contributed by atoms with Crippen molar-refractivity contribution in [2.45, 2.75) is 84.5 Å². The summed E-state index contributed by atoms with van der Waals surface area (Å²) in [5, 5.41) is 5.37. The quantitative estimate of drug-likeness (QED) is 0.233. The first kappa shape index (κ1) is 41.8. The second-order valence-electron chi connectivity index (χ2n) is 13.3. The molecule has 4 N–H and O–H groups in total. The molecule has 50 heavy (non-hydrogen) atoms. The van der Waals surface area contributed by atoms with Crippen molar-refractivity contribution < 1.29 is 55.1 Å². The molecule has 3 rings (SSSR count). The van der Waals surface area contributed by atoms with Crippen LogP contribution in [-0.4, -0.2) is 87.4 Å². The van der Waals surface area contributed by atoms with Crippen LogP contribution >= 0.6 is 0 Å². The minimum atomic E-state index is -5.77. The number of hydrogen-bond acceptors (Lipinski definition) is 8. The molecule has 1 aliphatic rings. The summed E-state index contributed by atoms with van der Waals surface area (Å²) in [6.07, 6.45) is -6.43. The Morgan fingerprint density at radius 3 is 1.94 bits per heavy atom. The highest BCUT2D eigenvalue weighted by molar-refractivity contribution is 6.41. The number of Topliss-reactive ketones (excluding diaryl/α,β-unsaturated/α-hetero) is 2. The van der Waals surface area contributed by atoms with Crippen LogP contribution in [0.1, 0.15) is 53.0 Å². The summed E-state index contributed by atoms with van der Waals surface area (Å²) < 4.78 is 74.3. The zero-order chi connectivity index (χ0) is 38.1. The van der Waals surface area contributed by atoms with Crippen LogP contribution in [-0.2, 0) is 41.9 Å². The fourth-order valence-corrected chi connectivity index (χ4v) is 4.63. The van der Waals surface area contributed by atoms with Crippen molar-refractivity contribution >= 4 is 35.1 Å². The number of benzene rings is 1. The zero-order valence-electron chi connectivity index (χ0n) is 28.3. The van der Waals surface area contributed by atoms with Gasteiger partial charge in [-0.05, 0) is 43.6 Å². The molecule has 2 heterocycles. The second-order valence-corrected chi connectivity index (χ2v) is 13.3. The Kier molecular flexibility index (Phi) is 14.3. The normalized spacial score (nSPS) is 15.0.